The summed E-state index contributed by atoms with van der Waals surface area (Å²) in [6.07, 6.45) is 0. The first-order valence-corrected chi connectivity index (χ1v) is 6.27. The van der Waals surface area contributed by atoms with Crippen molar-refractivity contribution in [3.05, 3.63) is 37.9 Å². The topological polar surface area (TPSA) is 51.0 Å². The summed E-state index contributed by atoms with van der Waals surface area (Å²) in [6.45, 7) is 0.224. The third kappa shape index (κ3) is 2.72. The molecule has 0 aliphatic heterocycles. The van der Waals surface area contributed by atoms with Gasteiger partial charge in [-0.25, -0.2) is 5.10 Å². The fourth-order valence-corrected chi connectivity index (χ4v) is 1.93. The van der Waals surface area contributed by atoms with Crippen molar-refractivity contribution in [2.75, 3.05) is 0 Å². The number of rotatable bonds is 3. The quantitative estimate of drug-likeness (QED) is 0.839. The lowest BCUT2D eigenvalue weighted by atomic mass is 10.3. The van der Waals surface area contributed by atoms with Crippen molar-refractivity contribution in [1.82, 2.24) is 10.2 Å². The van der Waals surface area contributed by atoms with Gasteiger partial charge in [-0.3, -0.25) is 0 Å². The molecule has 0 fully saturated rings. The van der Waals surface area contributed by atoms with Crippen LogP contribution in [-0.2, 0) is 6.61 Å². The summed E-state index contributed by atoms with van der Waals surface area (Å²) < 4.78 is 12.4. The molecule has 84 valence electrons. The lowest BCUT2D eigenvalue weighted by Gasteiger charge is -2.06. The van der Waals surface area contributed by atoms with E-state index in [0.29, 0.717) is 11.6 Å². The molecule has 4 nitrogen and oxygen atoms in total. The Morgan fingerprint density at radius 3 is 2.94 bits per heavy atom. The Morgan fingerprint density at radius 2 is 2.25 bits per heavy atom. The molecule has 0 radical (unpaired) electrons. The first-order chi connectivity index (χ1) is 7.66. The molecule has 0 aliphatic carbocycles. The molecule has 0 spiro atoms. The van der Waals surface area contributed by atoms with E-state index >= 15 is 0 Å². The SMILES string of the molecule is S=c1[nH]nc(COc2cccc(Br)c2Br)o1. The monoisotopic (exact) mass is 364 g/mol. The maximum Gasteiger partial charge on any atom is 0.284 e. The van der Waals surface area contributed by atoms with Crippen LogP contribution in [0.25, 0.3) is 0 Å². The number of aromatic amines is 1. The number of hydrogen-bond acceptors (Lipinski definition) is 4. The van der Waals surface area contributed by atoms with Gasteiger partial charge in [0.25, 0.3) is 10.7 Å². The van der Waals surface area contributed by atoms with E-state index in [-0.39, 0.29) is 11.4 Å². The van der Waals surface area contributed by atoms with Gasteiger partial charge in [0.15, 0.2) is 6.61 Å². The van der Waals surface area contributed by atoms with Crippen LogP contribution in [0.2, 0.25) is 0 Å². The highest BCUT2D eigenvalue weighted by atomic mass is 79.9. The fourth-order valence-electron chi connectivity index (χ4n) is 1.06. The molecule has 1 N–H and O–H groups in total. The molecule has 0 aliphatic rings. The molecule has 0 saturated heterocycles. The van der Waals surface area contributed by atoms with Crippen LogP contribution in [0.15, 0.2) is 31.6 Å². The summed E-state index contributed by atoms with van der Waals surface area (Å²) in [5, 5.41) is 6.36. The maximum absolute atomic E-state index is 5.52. The second kappa shape index (κ2) is 5.11. The van der Waals surface area contributed by atoms with Gasteiger partial charge in [-0.05, 0) is 56.2 Å². The van der Waals surface area contributed by atoms with E-state index in [4.69, 9.17) is 21.4 Å². The molecule has 0 unspecified atom stereocenters. The summed E-state index contributed by atoms with van der Waals surface area (Å²) in [5.74, 6) is 1.12. The maximum atomic E-state index is 5.52. The lowest BCUT2D eigenvalue weighted by molar-refractivity contribution is 0.260. The summed E-state index contributed by atoms with van der Waals surface area (Å²) >= 11 is 11.5. The summed E-state index contributed by atoms with van der Waals surface area (Å²) in [5.41, 5.74) is 0. The van der Waals surface area contributed by atoms with Gasteiger partial charge < -0.3 is 9.15 Å². The van der Waals surface area contributed by atoms with E-state index in [1.54, 1.807) is 0 Å². The Bertz CT molecular complexity index is 552. The van der Waals surface area contributed by atoms with Gasteiger partial charge in [0.05, 0.1) is 4.47 Å². The van der Waals surface area contributed by atoms with Crippen molar-refractivity contribution < 1.29 is 9.15 Å². The molecule has 2 rings (SSSR count). The number of hydrogen-bond donors (Lipinski definition) is 1. The third-order valence-electron chi connectivity index (χ3n) is 1.75. The zero-order valence-electron chi connectivity index (χ0n) is 7.87. The van der Waals surface area contributed by atoms with Gasteiger partial charge >= 0.3 is 0 Å². The van der Waals surface area contributed by atoms with Gasteiger partial charge in [-0.15, -0.1) is 5.10 Å². The normalized spacial score (nSPS) is 10.4. The molecule has 1 aromatic heterocycles. The number of nitrogens with zero attached hydrogens (tertiary/aromatic N) is 1. The van der Waals surface area contributed by atoms with E-state index in [0.717, 1.165) is 8.95 Å². The predicted molar refractivity (Wildman–Crippen MR) is 67.9 cm³/mol. The van der Waals surface area contributed by atoms with Crippen LogP contribution < -0.4 is 4.74 Å². The van der Waals surface area contributed by atoms with Crippen LogP contribution in [0, 0.1) is 4.84 Å². The first kappa shape index (κ1) is 11.8. The smallest absolute Gasteiger partial charge is 0.284 e. The van der Waals surface area contributed by atoms with E-state index in [1.807, 2.05) is 18.2 Å². The van der Waals surface area contributed by atoms with Crippen molar-refractivity contribution in [1.29, 1.82) is 0 Å². The van der Waals surface area contributed by atoms with Crippen molar-refractivity contribution in [3.8, 4) is 5.75 Å². The van der Waals surface area contributed by atoms with Gasteiger partial charge in [-0.1, -0.05) is 6.07 Å². The van der Waals surface area contributed by atoms with Crippen LogP contribution in [0.4, 0.5) is 0 Å². The fraction of sp³-hybridized carbons (Fsp3) is 0.111. The minimum absolute atomic E-state index is 0.224. The van der Waals surface area contributed by atoms with Crippen molar-refractivity contribution >= 4 is 44.1 Å². The van der Waals surface area contributed by atoms with Crippen molar-refractivity contribution in [2.24, 2.45) is 0 Å². The number of halogens is 2. The number of ether oxygens (including phenoxy) is 1. The summed E-state index contributed by atoms with van der Waals surface area (Å²) in [6, 6.07) is 5.64. The van der Waals surface area contributed by atoms with Crippen molar-refractivity contribution in [2.45, 2.75) is 6.61 Å². The predicted octanol–water partition coefficient (Wildman–Crippen LogP) is 3.84. The standard InChI is InChI=1S/C9H6Br2N2O2S/c10-5-2-1-3-6(8(5)11)14-4-7-12-13-9(16)15-7/h1-3H,4H2,(H,13,16). The van der Waals surface area contributed by atoms with Gasteiger partial charge in [0.2, 0.25) is 0 Å². The van der Waals surface area contributed by atoms with Crippen LogP contribution >= 0.6 is 44.1 Å². The zero-order chi connectivity index (χ0) is 11.5. The summed E-state index contributed by atoms with van der Waals surface area (Å²) in [7, 11) is 0. The Labute approximate surface area is 113 Å². The zero-order valence-corrected chi connectivity index (χ0v) is 11.9. The molecule has 1 heterocycles. The Kier molecular flexibility index (Phi) is 3.78. The number of H-pyrrole nitrogens is 1. The lowest BCUT2D eigenvalue weighted by Crippen LogP contribution is -1.96. The van der Waals surface area contributed by atoms with Crippen LogP contribution in [0.1, 0.15) is 5.89 Å². The molecule has 16 heavy (non-hydrogen) atoms. The van der Waals surface area contributed by atoms with Gasteiger partial charge in [0.1, 0.15) is 5.75 Å². The first-order valence-electron chi connectivity index (χ1n) is 4.28. The Morgan fingerprint density at radius 1 is 1.44 bits per heavy atom. The molecule has 0 amide bonds. The molecule has 0 saturated carbocycles. The van der Waals surface area contributed by atoms with E-state index in [2.05, 4.69) is 42.1 Å². The van der Waals surface area contributed by atoms with Crippen LogP contribution in [0.3, 0.4) is 0 Å². The van der Waals surface area contributed by atoms with E-state index in [1.165, 1.54) is 0 Å². The highest BCUT2D eigenvalue weighted by molar-refractivity contribution is 9.13. The van der Waals surface area contributed by atoms with E-state index in [9.17, 15) is 0 Å². The average molecular weight is 366 g/mol. The molecular weight excluding hydrogens is 360 g/mol. The van der Waals surface area contributed by atoms with Gasteiger partial charge in [0, 0.05) is 4.47 Å². The van der Waals surface area contributed by atoms with Gasteiger partial charge in [-0.2, -0.15) is 0 Å². The molecule has 0 bridgehead atoms. The number of aromatic nitrogens is 2. The molecule has 1 aromatic carbocycles. The Balaban J connectivity index is 2.10. The molecular formula is C9H6Br2N2O2S. The van der Waals surface area contributed by atoms with Crippen LogP contribution in [-0.4, -0.2) is 10.2 Å². The van der Waals surface area contributed by atoms with E-state index < -0.39 is 0 Å². The summed E-state index contributed by atoms with van der Waals surface area (Å²) in [4.78, 5) is 0.243. The minimum Gasteiger partial charge on any atom is -0.483 e. The third-order valence-corrected chi connectivity index (χ3v) is 3.94. The molecule has 7 heteroatoms. The second-order valence-corrected chi connectivity index (χ2v) is 4.87. The molecule has 0 atom stereocenters. The number of nitrogens with one attached hydrogen (secondary N) is 1. The largest absolute Gasteiger partial charge is 0.483 e. The highest BCUT2D eigenvalue weighted by Gasteiger charge is 2.06. The number of benzene rings is 1. The van der Waals surface area contributed by atoms with Crippen LogP contribution in [0.5, 0.6) is 5.75 Å². The highest BCUT2D eigenvalue weighted by Crippen LogP contribution is 2.32. The second-order valence-electron chi connectivity index (χ2n) is 2.85. The van der Waals surface area contributed by atoms with Crippen molar-refractivity contribution in [3.63, 3.8) is 0 Å². The molecule has 2 aromatic rings. The minimum atomic E-state index is 0.224. The Hall–Kier alpha value is -0.660. The average Bonchev–Trinajstić information content (AvgIpc) is 2.67.